The van der Waals surface area contributed by atoms with Gasteiger partial charge in [-0.15, -0.1) is 0 Å². The Morgan fingerprint density at radius 2 is 0.879 bits per heavy atom. The highest BCUT2D eigenvalue weighted by molar-refractivity contribution is 6.12. The summed E-state index contributed by atoms with van der Waals surface area (Å²) in [5, 5.41) is 34.8. The second kappa shape index (κ2) is 13.5. The van der Waals surface area contributed by atoms with Crippen molar-refractivity contribution in [3.8, 4) is 63.0 Å². The zero-order chi connectivity index (χ0) is 39.5. The molecule has 0 N–H and O–H groups in total. The lowest BCUT2D eigenvalue weighted by molar-refractivity contribution is 1.11. The summed E-state index contributed by atoms with van der Waals surface area (Å²) in [6.07, 6.45) is 0. The molecule has 0 aliphatic rings. The lowest BCUT2D eigenvalue weighted by Gasteiger charge is -2.19. The van der Waals surface area contributed by atoms with Gasteiger partial charge in [0.2, 0.25) is 0 Å². The monoisotopic (exact) mass is 740 g/mol. The predicted octanol–water partition coefficient (Wildman–Crippen LogP) is 12.5. The van der Waals surface area contributed by atoms with Gasteiger partial charge in [0.25, 0.3) is 0 Å². The smallest absolute Gasteiger partial charge is 0.101 e. The zero-order valence-corrected chi connectivity index (χ0v) is 31.7. The number of aromatic nitrogens is 3. The molecule has 0 bridgehead atoms. The highest BCUT2D eigenvalue weighted by Gasteiger charge is 2.23. The van der Waals surface area contributed by atoms with Gasteiger partial charge in [0.15, 0.2) is 0 Å². The lowest BCUT2D eigenvalue weighted by atomic mass is 9.98. The van der Waals surface area contributed by atoms with Crippen LogP contribution in [0, 0.1) is 47.8 Å². The number of nitrogens with zero attached hydrogens (tertiary/aromatic N) is 6. The first-order valence-electron chi connectivity index (χ1n) is 19.0. The Hall–Kier alpha value is -8.24. The minimum absolute atomic E-state index is 0.518. The van der Waals surface area contributed by atoms with E-state index in [-0.39, 0.29) is 0 Å². The minimum Gasteiger partial charge on any atom is -0.309 e. The van der Waals surface area contributed by atoms with Crippen molar-refractivity contribution in [2.45, 2.75) is 13.8 Å². The van der Waals surface area contributed by atoms with Crippen LogP contribution in [-0.2, 0) is 0 Å². The molecule has 0 unspecified atom stereocenters. The van der Waals surface area contributed by atoms with E-state index < -0.39 is 0 Å². The molecular formula is C52H32N6. The summed E-state index contributed by atoms with van der Waals surface area (Å²) in [5.41, 5.74) is 14.9. The number of hydrogen-bond acceptors (Lipinski definition) is 4. The van der Waals surface area contributed by atoms with E-state index in [9.17, 15) is 15.8 Å². The number of para-hydroxylation sites is 2. The highest BCUT2D eigenvalue weighted by Crippen LogP contribution is 2.42. The number of aryl methyl sites for hydroxylation is 2. The second-order valence-electron chi connectivity index (χ2n) is 14.7. The summed E-state index contributed by atoms with van der Waals surface area (Å²) in [7, 11) is 0. The number of fused-ring (bicyclic) bond motifs is 6. The van der Waals surface area contributed by atoms with Gasteiger partial charge in [0.05, 0.1) is 62.3 Å². The quantitative estimate of drug-likeness (QED) is 0.175. The maximum absolute atomic E-state index is 11.2. The average Bonchev–Trinajstić information content (AvgIpc) is 3.77. The van der Waals surface area contributed by atoms with Crippen LogP contribution in [0.1, 0.15) is 28.1 Å². The van der Waals surface area contributed by atoms with E-state index in [2.05, 4.69) is 118 Å². The molecule has 6 heteroatoms. The van der Waals surface area contributed by atoms with Crippen molar-refractivity contribution in [3.05, 3.63) is 186 Å². The fraction of sp³-hybridized carbons (Fsp3) is 0.0385. The van der Waals surface area contributed by atoms with E-state index in [4.69, 9.17) is 4.98 Å². The van der Waals surface area contributed by atoms with E-state index >= 15 is 0 Å². The van der Waals surface area contributed by atoms with Crippen molar-refractivity contribution in [1.82, 2.24) is 14.1 Å². The first-order chi connectivity index (χ1) is 28.4. The van der Waals surface area contributed by atoms with Crippen molar-refractivity contribution in [2.75, 3.05) is 0 Å². The van der Waals surface area contributed by atoms with Gasteiger partial charge in [-0.1, -0.05) is 84.9 Å². The van der Waals surface area contributed by atoms with Crippen LogP contribution in [-0.4, -0.2) is 14.1 Å². The number of rotatable bonds is 5. The molecule has 6 nitrogen and oxygen atoms in total. The van der Waals surface area contributed by atoms with Crippen LogP contribution in [0.25, 0.3) is 88.4 Å². The van der Waals surface area contributed by atoms with Crippen LogP contribution in [0.5, 0.6) is 0 Å². The fourth-order valence-corrected chi connectivity index (χ4v) is 8.61. The van der Waals surface area contributed by atoms with Crippen molar-refractivity contribution in [1.29, 1.82) is 15.8 Å². The van der Waals surface area contributed by atoms with Gasteiger partial charge < -0.3 is 9.13 Å². The largest absolute Gasteiger partial charge is 0.309 e. The Labute approximate surface area is 335 Å². The first-order valence-corrected chi connectivity index (χ1v) is 19.0. The fourth-order valence-electron chi connectivity index (χ4n) is 8.61. The van der Waals surface area contributed by atoms with Crippen molar-refractivity contribution in [3.63, 3.8) is 0 Å². The van der Waals surface area contributed by atoms with Gasteiger partial charge in [-0.25, -0.2) is 0 Å². The summed E-state index contributed by atoms with van der Waals surface area (Å²) < 4.78 is 4.49. The van der Waals surface area contributed by atoms with Gasteiger partial charge in [-0.05, 0) is 114 Å². The van der Waals surface area contributed by atoms with E-state index in [0.29, 0.717) is 16.7 Å². The second-order valence-corrected chi connectivity index (χ2v) is 14.7. The topological polar surface area (TPSA) is 94.1 Å². The molecule has 0 aliphatic heterocycles. The molecule has 3 aromatic heterocycles. The number of hydrogen-bond donors (Lipinski definition) is 0. The van der Waals surface area contributed by atoms with Crippen LogP contribution >= 0.6 is 0 Å². The third-order valence-electron chi connectivity index (χ3n) is 11.1. The Kier molecular flexibility index (Phi) is 7.98. The van der Waals surface area contributed by atoms with Crippen LogP contribution in [0.15, 0.2) is 158 Å². The molecule has 10 rings (SSSR count). The first kappa shape index (κ1) is 34.3. The summed E-state index contributed by atoms with van der Waals surface area (Å²) in [6, 6.07) is 60.5. The normalized spacial score (nSPS) is 11.2. The minimum atomic E-state index is 0.518. The molecule has 0 saturated heterocycles. The molecule has 0 spiro atoms. The van der Waals surface area contributed by atoms with Gasteiger partial charge in [-0.3, -0.25) is 4.98 Å². The average molecular weight is 741 g/mol. The Morgan fingerprint density at radius 3 is 1.40 bits per heavy atom. The molecule has 0 fully saturated rings. The molecule has 10 aromatic rings. The van der Waals surface area contributed by atoms with E-state index in [0.717, 1.165) is 99.8 Å². The zero-order valence-electron chi connectivity index (χ0n) is 31.7. The Bertz CT molecular complexity index is 3450. The standard InChI is InChI=1S/C52H32N6/c1-32-21-40(22-33(2)56-32)46-28-49(57-47-15-5-3-13-42(47)44-19-17-38(25-50(44)57)36-11-7-9-34(23-36)29-53)41(31-55)27-52(46)58-48-16-6-4-14-43(48)45-20-18-39(26-51(45)58)37-12-8-10-35(24-37)30-54/h3-28H,1-2H3. The summed E-state index contributed by atoms with van der Waals surface area (Å²) in [4.78, 5) is 4.74. The molecule has 270 valence electrons. The third kappa shape index (κ3) is 5.50. The maximum atomic E-state index is 11.2. The van der Waals surface area contributed by atoms with Crippen LogP contribution in [0.2, 0.25) is 0 Å². The highest BCUT2D eigenvalue weighted by atomic mass is 15.0. The van der Waals surface area contributed by atoms with E-state index in [1.54, 1.807) is 0 Å². The van der Waals surface area contributed by atoms with Gasteiger partial charge in [0.1, 0.15) is 6.07 Å². The van der Waals surface area contributed by atoms with Gasteiger partial charge in [-0.2, -0.15) is 15.8 Å². The molecule has 0 atom stereocenters. The number of pyridine rings is 1. The van der Waals surface area contributed by atoms with Crippen LogP contribution in [0.4, 0.5) is 0 Å². The van der Waals surface area contributed by atoms with Crippen LogP contribution in [0.3, 0.4) is 0 Å². The van der Waals surface area contributed by atoms with Crippen molar-refractivity contribution in [2.24, 2.45) is 0 Å². The lowest BCUT2D eigenvalue weighted by Crippen LogP contribution is -2.04. The van der Waals surface area contributed by atoms with E-state index in [1.807, 2.05) is 80.6 Å². The van der Waals surface area contributed by atoms with Gasteiger partial charge in [0, 0.05) is 38.5 Å². The maximum Gasteiger partial charge on any atom is 0.101 e. The molecular weight excluding hydrogens is 709 g/mol. The molecule has 0 saturated carbocycles. The molecule has 0 radical (unpaired) electrons. The molecule has 7 aromatic carbocycles. The Balaban J connectivity index is 1.31. The number of nitriles is 3. The molecule has 3 heterocycles. The molecule has 0 amide bonds. The summed E-state index contributed by atoms with van der Waals surface area (Å²) in [6.45, 7) is 4.03. The van der Waals surface area contributed by atoms with Gasteiger partial charge >= 0.3 is 0 Å². The van der Waals surface area contributed by atoms with Crippen LogP contribution < -0.4 is 0 Å². The number of benzene rings is 7. The SMILES string of the molecule is Cc1cc(-c2cc(-n3c4ccccc4c4ccc(-c5cccc(C#N)c5)cc43)c(C#N)cc2-n2c3ccccc3c3ccc(-c4cccc(C#N)c4)cc32)cc(C)n1. The summed E-state index contributed by atoms with van der Waals surface area (Å²) in [5.74, 6) is 0. The van der Waals surface area contributed by atoms with E-state index in [1.165, 1.54) is 0 Å². The Morgan fingerprint density at radius 1 is 0.397 bits per heavy atom. The summed E-state index contributed by atoms with van der Waals surface area (Å²) >= 11 is 0. The third-order valence-corrected chi connectivity index (χ3v) is 11.1. The predicted molar refractivity (Wildman–Crippen MR) is 233 cm³/mol. The van der Waals surface area contributed by atoms with Crippen molar-refractivity contribution >= 4 is 43.6 Å². The van der Waals surface area contributed by atoms with Crippen molar-refractivity contribution < 1.29 is 0 Å². The molecule has 0 aliphatic carbocycles. The molecule has 58 heavy (non-hydrogen) atoms.